The number of nitrogens with one attached hydrogen (secondary N) is 1. The molecule has 0 saturated carbocycles. The van der Waals surface area contributed by atoms with Crippen molar-refractivity contribution in [3.8, 4) is 11.6 Å². The second-order valence-electron chi connectivity index (χ2n) is 3.45. The van der Waals surface area contributed by atoms with Gasteiger partial charge in [0, 0.05) is 13.4 Å². The maximum absolute atomic E-state index is 13.4. The lowest BCUT2D eigenvalue weighted by Gasteiger charge is -2.12. The van der Waals surface area contributed by atoms with Gasteiger partial charge < -0.3 is 5.11 Å². The van der Waals surface area contributed by atoms with Gasteiger partial charge in [-0.05, 0) is 44.0 Å². The molecule has 0 aliphatic heterocycles. The van der Waals surface area contributed by atoms with E-state index in [1.54, 1.807) is 17.1 Å². The zero-order chi connectivity index (χ0) is 14.3. The van der Waals surface area contributed by atoms with Crippen molar-refractivity contribution in [1.82, 2.24) is 9.55 Å². The zero-order valence-corrected chi connectivity index (χ0v) is 13.6. The number of hydrogen-bond acceptors (Lipinski definition) is 3. The Morgan fingerprint density at radius 3 is 2.21 bits per heavy atom. The number of hydrogen-bond donors (Lipinski definition) is 2. The molecular formula is C10H4Br3FN2O3. The fourth-order valence-corrected chi connectivity index (χ4v) is 4.07. The largest absolute Gasteiger partial charge is 0.492 e. The van der Waals surface area contributed by atoms with Crippen molar-refractivity contribution in [3.05, 3.63) is 52.2 Å². The number of H-pyrrole nitrogens is 1. The van der Waals surface area contributed by atoms with Gasteiger partial charge in [0.15, 0.2) is 0 Å². The Bertz CT molecular complexity index is 762. The van der Waals surface area contributed by atoms with Crippen LogP contribution in [0.2, 0.25) is 0 Å². The van der Waals surface area contributed by atoms with Crippen molar-refractivity contribution in [2.45, 2.75) is 0 Å². The van der Waals surface area contributed by atoms with Crippen molar-refractivity contribution in [2.24, 2.45) is 0 Å². The molecule has 0 unspecified atom stereocenters. The Balaban J connectivity index is 2.92. The number of rotatable bonds is 1. The summed E-state index contributed by atoms with van der Waals surface area (Å²) in [5.41, 5.74) is -2.06. The molecule has 1 aromatic carbocycles. The van der Waals surface area contributed by atoms with E-state index < -0.39 is 22.9 Å². The van der Waals surface area contributed by atoms with E-state index >= 15 is 0 Å². The van der Waals surface area contributed by atoms with Crippen LogP contribution >= 0.6 is 47.8 Å². The van der Waals surface area contributed by atoms with Crippen LogP contribution in [0, 0.1) is 5.82 Å². The minimum absolute atomic E-state index is 0.167. The van der Waals surface area contributed by atoms with E-state index in [2.05, 4.69) is 47.8 Å². The molecule has 2 rings (SSSR count). The summed E-state index contributed by atoms with van der Waals surface area (Å²) in [7, 11) is 0. The van der Waals surface area contributed by atoms with Crippen molar-refractivity contribution >= 4 is 47.8 Å². The quantitative estimate of drug-likeness (QED) is 0.690. The average Bonchev–Trinajstić information content (AvgIpc) is 2.29. The number of halogens is 4. The Kier molecular flexibility index (Phi) is 3.98. The Hall–Kier alpha value is -0.930. The van der Waals surface area contributed by atoms with Gasteiger partial charge in [-0.25, -0.2) is 9.36 Å². The minimum Gasteiger partial charge on any atom is -0.492 e. The van der Waals surface area contributed by atoms with E-state index in [1.807, 2.05) is 0 Å². The smallest absolute Gasteiger partial charge is 0.336 e. The minimum atomic E-state index is -1.43. The number of aromatic amines is 1. The van der Waals surface area contributed by atoms with Crippen molar-refractivity contribution in [3.63, 3.8) is 0 Å². The molecule has 0 radical (unpaired) electrons. The molecule has 1 aromatic heterocycles. The van der Waals surface area contributed by atoms with Crippen LogP contribution in [0.5, 0.6) is 5.88 Å². The Labute approximate surface area is 130 Å². The first-order chi connectivity index (χ1) is 8.82. The molecule has 0 saturated heterocycles. The zero-order valence-electron chi connectivity index (χ0n) is 8.88. The molecule has 100 valence electrons. The molecule has 0 aliphatic rings. The van der Waals surface area contributed by atoms with Crippen LogP contribution in [0.3, 0.4) is 0 Å². The van der Waals surface area contributed by atoms with Crippen LogP contribution in [-0.4, -0.2) is 14.7 Å². The summed E-state index contributed by atoms with van der Waals surface area (Å²) < 4.78 is 15.6. The predicted molar refractivity (Wildman–Crippen MR) is 77.4 cm³/mol. The highest BCUT2D eigenvalue weighted by Crippen LogP contribution is 2.33. The molecule has 1 heterocycles. The van der Waals surface area contributed by atoms with Crippen LogP contribution in [0.25, 0.3) is 5.69 Å². The van der Waals surface area contributed by atoms with Gasteiger partial charge in [-0.1, -0.05) is 15.9 Å². The fourth-order valence-electron chi connectivity index (χ4n) is 1.46. The molecule has 0 spiro atoms. The normalized spacial score (nSPS) is 10.7. The van der Waals surface area contributed by atoms with E-state index in [9.17, 15) is 19.1 Å². The average molecular weight is 459 g/mol. The molecule has 9 heteroatoms. The molecular weight excluding hydrogens is 455 g/mol. The van der Waals surface area contributed by atoms with Crippen LogP contribution in [0.1, 0.15) is 0 Å². The first kappa shape index (κ1) is 14.5. The summed E-state index contributed by atoms with van der Waals surface area (Å²) in [6, 6.07) is 3.21. The lowest BCUT2D eigenvalue weighted by molar-refractivity contribution is 0.385. The van der Waals surface area contributed by atoms with E-state index in [1.165, 1.54) is 0 Å². The molecule has 5 nitrogen and oxygen atoms in total. The number of benzene rings is 1. The molecule has 19 heavy (non-hydrogen) atoms. The molecule has 0 bridgehead atoms. The van der Waals surface area contributed by atoms with Gasteiger partial charge in [-0.2, -0.15) is 4.39 Å². The molecule has 2 N–H and O–H groups in total. The molecule has 0 fully saturated rings. The first-order valence-corrected chi connectivity index (χ1v) is 7.09. The summed E-state index contributed by atoms with van der Waals surface area (Å²) in [5.74, 6) is -2.49. The van der Waals surface area contributed by atoms with Gasteiger partial charge in [-0.15, -0.1) is 0 Å². The van der Waals surface area contributed by atoms with Crippen LogP contribution in [-0.2, 0) is 0 Å². The third kappa shape index (κ3) is 2.54. The second-order valence-corrected chi connectivity index (χ2v) is 6.07. The van der Waals surface area contributed by atoms with E-state index in [0.717, 1.165) is 0 Å². The third-order valence-electron chi connectivity index (χ3n) is 2.24. The summed E-state index contributed by atoms with van der Waals surface area (Å²) in [6.07, 6.45) is 0. The van der Waals surface area contributed by atoms with Crippen molar-refractivity contribution < 1.29 is 9.50 Å². The Morgan fingerprint density at radius 1 is 1.16 bits per heavy atom. The highest BCUT2D eigenvalue weighted by Gasteiger charge is 2.19. The van der Waals surface area contributed by atoms with Gasteiger partial charge in [0.25, 0.3) is 5.56 Å². The molecule has 0 atom stereocenters. The van der Waals surface area contributed by atoms with E-state index in [-0.39, 0.29) is 5.69 Å². The molecule has 0 aliphatic carbocycles. The van der Waals surface area contributed by atoms with Crippen LogP contribution in [0.4, 0.5) is 4.39 Å². The number of aromatic hydroxyl groups is 1. The number of aromatic nitrogens is 2. The number of nitrogens with zero attached hydrogens (tertiary/aromatic N) is 1. The standard InChI is InChI=1S/C10H4Br3FN2O3/c11-3-1-4(12)7(5(13)2-3)16-9(18)6(14)8(17)15-10(16)19/h1-2,18H,(H,15,17,19). The SMILES string of the molecule is O=c1[nH]c(=O)n(-c2c(Br)cc(Br)cc2Br)c(O)c1F. The van der Waals surface area contributed by atoms with E-state index in [4.69, 9.17) is 0 Å². The van der Waals surface area contributed by atoms with Gasteiger partial charge in [-0.3, -0.25) is 9.78 Å². The second kappa shape index (κ2) is 5.22. The van der Waals surface area contributed by atoms with Gasteiger partial charge in [0.05, 0.1) is 5.69 Å². The highest BCUT2D eigenvalue weighted by atomic mass is 79.9. The predicted octanol–water partition coefficient (Wildman–Crippen LogP) is 2.66. The van der Waals surface area contributed by atoms with Gasteiger partial charge in [0.2, 0.25) is 11.7 Å². The fraction of sp³-hybridized carbons (Fsp3) is 0. The summed E-state index contributed by atoms with van der Waals surface area (Å²) >= 11 is 9.64. The Morgan fingerprint density at radius 2 is 1.68 bits per heavy atom. The third-order valence-corrected chi connectivity index (χ3v) is 3.90. The van der Waals surface area contributed by atoms with E-state index in [0.29, 0.717) is 18.0 Å². The molecule has 2 aromatic rings. The monoisotopic (exact) mass is 456 g/mol. The lowest BCUT2D eigenvalue weighted by atomic mass is 10.3. The van der Waals surface area contributed by atoms with Crippen molar-refractivity contribution in [2.75, 3.05) is 0 Å². The summed E-state index contributed by atoms with van der Waals surface area (Å²) in [6.45, 7) is 0. The lowest BCUT2D eigenvalue weighted by Crippen LogP contribution is -2.31. The van der Waals surface area contributed by atoms with Crippen LogP contribution in [0.15, 0.2) is 35.1 Å². The summed E-state index contributed by atoms with van der Waals surface area (Å²) in [4.78, 5) is 24.5. The topological polar surface area (TPSA) is 75.1 Å². The van der Waals surface area contributed by atoms with Gasteiger partial charge >= 0.3 is 5.69 Å². The first-order valence-electron chi connectivity index (χ1n) is 4.71. The van der Waals surface area contributed by atoms with Crippen molar-refractivity contribution in [1.29, 1.82) is 0 Å². The maximum Gasteiger partial charge on any atom is 0.336 e. The maximum atomic E-state index is 13.4. The summed E-state index contributed by atoms with van der Waals surface area (Å²) in [5, 5.41) is 9.65. The van der Waals surface area contributed by atoms with Crippen LogP contribution < -0.4 is 11.2 Å². The molecule has 0 amide bonds. The highest BCUT2D eigenvalue weighted by molar-refractivity contribution is 9.11. The van der Waals surface area contributed by atoms with Gasteiger partial charge in [0.1, 0.15) is 0 Å².